The van der Waals surface area contributed by atoms with Crippen LogP contribution in [0.5, 0.6) is 0 Å². The van der Waals surface area contributed by atoms with Crippen molar-refractivity contribution in [2.75, 3.05) is 13.1 Å². The van der Waals surface area contributed by atoms with Gasteiger partial charge in [-0.3, -0.25) is 9.48 Å². The van der Waals surface area contributed by atoms with Crippen molar-refractivity contribution in [1.82, 2.24) is 14.7 Å². The Morgan fingerprint density at radius 1 is 1.35 bits per heavy atom. The van der Waals surface area contributed by atoms with E-state index in [0.717, 1.165) is 17.7 Å². The zero-order valence-electron chi connectivity index (χ0n) is 12.6. The first kappa shape index (κ1) is 14.6. The molecule has 0 unspecified atom stereocenters. The zero-order chi connectivity index (χ0) is 15.1. The number of aldehydes is 1. The van der Waals surface area contributed by atoms with Crippen molar-refractivity contribution in [3.8, 4) is 0 Å². The maximum atomic E-state index is 11.8. The first-order chi connectivity index (χ1) is 9.23. The van der Waals surface area contributed by atoms with Crippen LogP contribution in [0.15, 0.2) is 0 Å². The second-order valence-corrected chi connectivity index (χ2v) is 6.19. The predicted molar refractivity (Wildman–Crippen MR) is 73.9 cm³/mol. The average molecular weight is 279 g/mol. The van der Waals surface area contributed by atoms with Crippen LogP contribution in [0.3, 0.4) is 0 Å². The maximum absolute atomic E-state index is 11.8. The van der Waals surface area contributed by atoms with Crippen molar-refractivity contribution in [2.24, 2.45) is 0 Å². The molecule has 0 aromatic carbocycles. The highest BCUT2D eigenvalue weighted by molar-refractivity contribution is 5.78. The van der Waals surface area contributed by atoms with Gasteiger partial charge >= 0.3 is 6.09 Å². The van der Waals surface area contributed by atoms with Crippen LogP contribution in [-0.2, 0) is 4.74 Å². The Kier molecular flexibility index (Phi) is 3.58. The molecule has 0 bridgehead atoms. The minimum Gasteiger partial charge on any atom is -0.444 e. The Labute approximate surface area is 118 Å². The molecule has 20 heavy (non-hydrogen) atoms. The van der Waals surface area contributed by atoms with Crippen LogP contribution in [0.1, 0.15) is 48.6 Å². The average Bonchev–Trinajstić information content (AvgIpc) is 2.49. The molecule has 0 spiro atoms. The van der Waals surface area contributed by atoms with Crippen molar-refractivity contribution in [3.05, 3.63) is 17.0 Å². The summed E-state index contributed by atoms with van der Waals surface area (Å²) < 4.78 is 7.14. The van der Waals surface area contributed by atoms with E-state index < -0.39 is 5.60 Å². The van der Waals surface area contributed by atoms with Gasteiger partial charge in [-0.15, -0.1) is 0 Å². The van der Waals surface area contributed by atoms with E-state index in [1.54, 1.807) is 4.90 Å². The van der Waals surface area contributed by atoms with Gasteiger partial charge in [0.25, 0.3) is 0 Å². The Hall–Kier alpha value is -1.85. The number of likely N-dealkylation sites (tertiary alicyclic amines) is 1. The molecule has 2 rings (SSSR count). The number of amides is 1. The fourth-order valence-corrected chi connectivity index (χ4v) is 2.29. The van der Waals surface area contributed by atoms with Crippen LogP contribution >= 0.6 is 0 Å². The summed E-state index contributed by atoms with van der Waals surface area (Å²) in [7, 11) is 0. The van der Waals surface area contributed by atoms with Crippen LogP contribution < -0.4 is 0 Å². The molecule has 0 radical (unpaired) electrons. The number of hydrogen-bond donors (Lipinski definition) is 0. The van der Waals surface area contributed by atoms with Gasteiger partial charge in [0.1, 0.15) is 5.60 Å². The Morgan fingerprint density at radius 2 is 1.95 bits per heavy atom. The summed E-state index contributed by atoms with van der Waals surface area (Å²) in [5, 5.41) is 4.38. The minimum atomic E-state index is -0.481. The summed E-state index contributed by atoms with van der Waals surface area (Å²) in [5.41, 5.74) is 1.74. The van der Waals surface area contributed by atoms with E-state index in [-0.39, 0.29) is 12.1 Å². The molecule has 0 N–H and O–H groups in total. The molecule has 0 saturated carbocycles. The van der Waals surface area contributed by atoms with Gasteiger partial charge in [0, 0.05) is 18.8 Å². The van der Waals surface area contributed by atoms with Crippen LogP contribution in [0.2, 0.25) is 0 Å². The topological polar surface area (TPSA) is 64.4 Å². The van der Waals surface area contributed by atoms with E-state index in [9.17, 15) is 9.59 Å². The molecular formula is C14H21N3O3. The van der Waals surface area contributed by atoms with Crippen LogP contribution in [0, 0.1) is 13.8 Å². The molecule has 1 aromatic rings. The third-order valence-electron chi connectivity index (χ3n) is 3.36. The van der Waals surface area contributed by atoms with Crippen LogP contribution in [0.25, 0.3) is 0 Å². The highest BCUT2D eigenvalue weighted by Crippen LogP contribution is 2.26. The Balaban J connectivity index is 2.00. The molecule has 1 fully saturated rings. The third kappa shape index (κ3) is 2.69. The summed E-state index contributed by atoms with van der Waals surface area (Å²) in [4.78, 5) is 24.5. The number of nitrogens with zero attached hydrogens (tertiary/aromatic N) is 3. The molecule has 1 aliphatic rings. The first-order valence-corrected chi connectivity index (χ1v) is 6.71. The number of rotatable bonds is 2. The molecule has 110 valence electrons. The largest absolute Gasteiger partial charge is 0.444 e. The molecule has 6 nitrogen and oxygen atoms in total. The molecule has 1 amide bonds. The van der Waals surface area contributed by atoms with Crippen molar-refractivity contribution in [3.63, 3.8) is 0 Å². The van der Waals surface area contributed by atoms with E-state index in [4.69, 9.17) is 4.74 Å². The Morgan fingerprint density at radius 3 is 2.40 bits per heavy atom. The van der Waals surface area contributed by atoms with Crippen molar-refractivity contribution < 1.29 is 14.3 Å². The predicted octanol–water partition coefficient (Wildman–Crippen LogP) is 2.10. The normalized spacial score (nSPS) is 15.9. The lowest BCUT2D eigenvalue weighted by Crippen LogP contribution is -2.52. The van der Waals surface area contributed by atoms with Crippen molar-refractivity contribution in [1.29, 1.82) is 0 Å². The van der Waals surface area contributed by atoms with Gasteiger partial charge in [-0.2, -0.15) is 5.10 Å². The van der Waals surface area contributed by atoms with Crippen molar-refractivity contribution in [2.45, 2.75) is 46.3 Å². The summed E-state index contributed by atoms with van der Waals surface area (Å²) in [6.45, 7) is 10.4. The lowest BCUT2D eigenvalue weighted by Gasteiger charge is -2.40. The van der Waals surface area contributed by atoms with Gasteiger partial charge in [0.2, 0.25) is 0 Å². The molecule has 0 atom stereocenters. The molecule has 1 aromatic heterocycles. The molecule has 2 heterocycles. The monoisotopic (exact) mass is 279 g/mol. The van der Waals surface area contributed by atoms with E-state index in [0.29, 0.717) is 18.7 Å². The van der Waals surface area contributed by atoms with E-state index >= 15 is 0 Å². The molecule has 6 heteroatoms. The highest BCUT2D eigenvalue weighted by Gasteiger charge is 2.36. The number of ether oxygens (including phenoxy) is 1. The number of aryl methyl sites for hydroxylation is 1. The van der Waals surface area contributed by atoms with Crippen LogP contribution in [0.4, 0.5) is 4.79 Å². The number of hydrogen-bond acceptors (Lipinski definition) is 4. The van der Waals surface area contributed by atoms with Gasteiger partial charge in [0.15, 0.2) is 6.29 Å². The second-order valence-electron chi connectivity index (χ2n) is 6.19. The number of aromatic nitrogens is 2. The first-order valence-electron chi connectivity index (χ1n) is 6.71. The summed E-state index contributed by atoms with van der Waals surface area (Å²) in [6.07, 6.45) is 0.532. The lowest BCUT2D eigenvalue weighted by molar-refractivity contribution is -0.000701. The second kappa shape index (κ2) is 4.92. The maximum Gasteiger partial charge on any atom is 0.410 e. The standard InChI is InChI=1S/C14H21N3O3/c1-9-12(8-18)10(2)17(15-9)11-6-16(7-11)13(19)20-14(3,4)5/h8,11H,6-7H2,1-5H3. The summed E-state index contributed by atoms with van der Waals surface area (Å²) in [5.74, 6) is 0. The van der Waals surface area contributed by atoms with Crippen LogP contribution in [-0.4, -0.2) is 45.8 Å². The van der Waals surface area contributed by atoms with Gasteiger partial charge in [-0.05, 0) is 34.6 Å². The molecule has 1 saturated heterocycles. The van der Waals surface area contributed by atoms with Gasteiger partial charge < -0.3 is 9.64 Å². The lowest BCUT2D eigenvalue weighted by atomic mass is 10.1. The molecular weight excluding hydrogens is 258 g/mol. The highest BCUT2D eigenvalue weighted by atomic mass is 16.6. The fraction of sp³-hybridized carbons (Fsp3) is 0.643. The van der Waals surface area contributed by atoms with Crippen molar-refractivity contribution >= 4 is 12.4 Å². The third-order valence-corrected chi connectivity index (χ3v) is 3.36. The number of carbonyl (C=O) groups is 2. The minimum absolute atomic E-state index is 0.120. The van der Waals surface area contributed by atoms with E-state index in [2.05, 4.69) is 5.10 Å². The van der Waals surface area contributed by atoms with Gasteiger partial charge in [0.05, 0.1) is 17.3 Å². The summed E-state index contributed by atoms with van der Waals surface area (Å²) in [6, 6.07) is 0.120. The van der Waals surface area contributed by atoms with Gasteiger partial charge in [-0.25, -0.2) is 4.79 Å². The number of carbonyl (C=O) groups excluding carboxylic acids is 2. The molecule has 0 aliphatic carbocycles. The SMILES string of the molecule is Cc1nn(C2CN(C(=O)OC(C)(C)C)C2)c(C)c1C=O. The van der Waals surface area contributed by atoms with E-state index in [1.807, 2.05) is 39.3 Å². The Bertz CT molecular complexity index is 537. The fourth-order valence-electron chi connectivity index (χ4n) is 2.29. The smallest absolute Gasteiger partial charge is 0.410 e. The quantitative estimate of drug-likeness (QED) is 0.778. The molecule has 1 aliphatic heterocycles. The summed E-state index contributed by atoms with van der Waals surface area (Å²) >= 11 is 0. The zero-order valence-corrected chi connectivity index (χ0v) is 12.6. The van der Waals surface area contributed by atoms with E-state index in [1.165, 1.54) is 0 Å². The van der Waals surface area contributed by atoms with Gasteiger partial charge in [-0.1, -0.05) is 0 Å².